The van der Waals surface area contributed by atoms with Crippen LogP contribution in [0.2, 0.25) is 0 Å². The van der Waals surface area contributed by atoms with Crippen LogP contribution in [0, 0.1) is 12.8 Å². The molecule has 20 heavy (non-hydrogen) atoms. The molecule has 1 aromatic rings. The van der Waals surface area contributed by atoms with Crippen LogP contribution in [0.1, 0.15) is 51.3 Å². The van der Waals surface area contributed by atoms with Crippen LogP contribution < -0.4 is 10.6 Å². The Labute approximate surface area is 123 Å². The van der Waals surface area contributed by atoms with Crippen molar-refractivity contribution in [1.82, 2.24) is 10.6 Å². The second-order valence-electron chi connectivity index (χ2n) is 6.00. The lowest BCUT2D eigenvalue weighted by atomic mass is 10.0. The van der Waals surface area contributed by atoms with Gasteiger partial charge in [-0.2, -0.15) is 0 Å². The Kier molecular flexibility index (Phi) is 6.73. The van der Waals surface area contributed by atoms with E-state index >= 15 is 0 Å². The predicted octanol–water partition coefficient (Wildman–Crippen LogP) is 3.20. The second kappa shape index (κ2) is 8.05. The van der Waals surface area contributed by atoms with Gasteiger partial charge in [-0.05, 0) is 38.7 Å². The number of nitrogens with one attached hydrogen (secondary N) is 2. The minimum absolute atomic E-state index is 0.0742. The molecule has 1 rings (SSSR count). The molecule has 0 aliphatic rings. The van der Waals surface area contributed by atoms with Gasteiger partial charge >= 0.3 is 0 Å². The number of benzene rings is 1. The van der Waals surface area contributed by atoms with E-state index in [1.54, 1.807) is 0 Å². The molecular weight excluding hydrogens is 248 g/mol. The summed E-state index contributed by atoms with van der Waals surface area (Å²) in [6.45, 7) is 11.2. The summed E-state index contributed by atoms with van der Waals surface area (Å²) in [7, 11) is 0. The fourth-order valence-electron chi connectivity index (χ4n) is 2.12. The van der Waals surface area contributed by atoms with Crippen molar-refractivity contribution < 1.29 is 4.79 Å². The molecule has 1 unspecified atom stereocenters. The summed E-state index contributed by atoms with van der Waals surface area (Å²) in [4.78, 5) is 12.0. The highest BCUT2D eigenvalue weighted by Gasteiger charge is 2.15. The SMILES string of the molecule is Cc1cccc([C@@H](C)NC(C)C(=O)NCCC(C)C)c1. The molecule has 0 saturated carbocycles. The quantitative estimate of drug-likeness (QED) is 0.803. The van der Waals surface area contributed by atoms with Gasteiger partial charge in [0.25, 0.3) is 0 Å². The van der Waals surface area contributed by atoms with Crippen LogP contribution in [0.5, 0.6) is 0 Å². The molecule has 0 radical (unpaired) electrons. The summed E-state index contributed by atoms with van der Waals surface area (Å²) in [5.74, 6) is 0.690. The van der Waals surface area contributed by atoms with Crippen LogP contribution >= 0.6 is 0 Å². The Bertz CT molecular complexity index is 429. The molecule has 0 heterocycles. The maximum absolute atomic E-state index is 12.0. The first kappa shape index (κ1) is 16.7. The number of carbonyl (C=O) groups is 1. The van der Waals surface area contributed by atoms with Gasteiger partial charge in [0.2, 0.25) is 5.91 Å². The molecule has 2 N–H and O–H groups in total. The highest BCUT2D eigenvalue weighted by Crippen LogP contribution is 2.14. The van der Waals surface area contributed by atoms with Crippen molar-refractivity contribution in [3.63, 3.8) is 0 Å². The molecule has 0 aliphatic carbocycles. The minimum Gasteiger partial charge on any atom is -0.355 e. The standard InChI is InChI=1S/C17H28N2O/c1-12(2)9-10-18-17(20)15(5)19-14(4)16-8-6-7-13(3)11-16/h6-8,11-12,14-15,19H,9-10H2,1-5H3,(H,18,20)/t14-,15?/m1/s1. The van der Waals surface area contributed by atoms with Crippen LogP contribution in [-0.2, 0) is 4.79 Å². The highest BCUT2D eigenvalue weighted by molar-refractivity contribution is 5.81. The summed E-state index contributed by atoms with van der Waals surface area (Å²) < 4.78 is 0. The summed E-state index contributed by atoms with van der Waals surface area (Å²) in [5, 5.41) is 6.33. The fourth-order valence-corrected chi connectivity index (χ4v) is 2.12. The molecule has 112 valence electrons. The zero-order valence-electron chi connectivity index (χ0n) is 13.4. The van der Waals surface area contributed by atoms with Gasteiger partial charge in [0, 0.05) is 12.6 Å². The largest absolute Gasteiger partial charge is 0.355 e. The van der Waals surface area contributed by atoms with Crippen LogP contribution in [0.4, 0.5) is 0 Å². The molecule has 1 amide bonds. The van der Waals surface area contributed by atoms with E-state index in [1.807, 2.05) is 6.92 Å². The van der Waals surface area contributed by atoms with Gasteiger partial charge < -0.3 is 5.32 Å². The monoisotopic (exact) mass is 276 g/mol. The zero-order chi connectivity index (χ0) is 15.1. The molecule has 0 spiro atoms. The maximum Gasteiger partial charge on any atom is 0.236 e. The lowest BCUT2D eigenvalue weighted by molar-refractivity contribution is -0.122. The van der Waals surface area contributed by atoms with Crippen LogP contribution in [0.3, 0.4) is 0 Å². The number of amides is 1. The summed E-state index contributed by atoms with van der Waals surface area (Å²) in [5.41, 5.74) is 2.46. The smallest absolute Gasteiger partial charge is 0.236 e. The zero-order valence-corrected chi connectivity index (χ0v) is 13.4. The maximum atomic E-state index is 12.0. The van der Waals surface area contributed by atoms with E-state index in [-0.39, 0.29) is 18.0 Å². The van der Waals surface area contributed by atoms with E-state index in [1.165, 1.54) is 11.1 Å². The fraction of sp³-hybridized carbons (Fsp3) is 0.588. The van der Waals surface area contributed by atoms with Crippen molar-refractivity contribution >= 4 is 5.91 Å². The van der Waals surface area contributed by atoms with Gasteiger partial charge in [0.05, 0.1) is 6.04 Å². The van der Waals surface area contributed by atoms with Crippen LogP contribution in [0.15, 0.2) is 24.3 Å². The normalized spacial score (nSPS) is 14.1. The van der Waals surface area contributed by atoms with Crippen molar-refractivity contribution in [2.45, 2.75) is 53.1 Å². The van der Waals surface area contributed by atoms with Crippen molar-refractivity contribution in [3.05, 3.63) is 35.4 Å². The predicted molar refractivity (Wildman–Crippen MR) is 84.7 cm³/mol. The average Bonchev–Trinajstić information content (AvgIpc) is 2.38. The van der Waals surface area contributed by atoms with Crippen molar-refractivity contribution in [3.8, 4) is 0 Å². The van der Waals surface area contributed by atoms with Gasteiger partial charge in [0.1, 0.15) is 0 Å². The van der Waals surface area contributed by atoms with Gasteiger partial charge in [-0.1, -0.05) is 43.7 Å². The van der Waals surface area contributed by atoms with E-state index in [0.29, 0.717) is 5.92 Å². The van der Waals surface area contributed by atoms with E-state index in [4.69, 9.17) is 0 Å². The van der Waals surface area contributed by atoms with Gasteiger partial charge in [-0.3, -0.25) is 10.1 Å². The van der Waals surface area contributed by atoms with Gasteiger partial charge in [0.15, 0.2) is 0 Å². The first-order chi connectivity index (χ1) is 9.40. The minimum atomic E-state index is -0.183. The van der Waals surface area contributed by atoms with E-state index < -0.39 is 0 Å². The summed E-state index contributed by atoms with van der Waals surface area (Å²) >= 11 is 0. The third kappa shape index (κ3) is 5.74. The van der Waals surface area contributed by atoms with Crippen molar-refractivity contribution in [2.75, 3.05) is 6.54 Å². The van der Waals surface area contributed by atoms with E-state index in [9.17, 15) is 4.79 Å². The number of rotatable bonds is 7. The Morgan fingerprint density at radius 2 is 1.90 bits per heavy atom. The molecule has 2 atom stereocenters. The average molecular weight is 276 g/mol. The molecule has 3 heteroatoms. The van der Waals surface area contributed by atoms with Gasteiger partial charge in [-0.15, -0.1) is 0 Å². The molecule has 0 aromatic heterocycles. The number of aryl methyl sites for hydroxylation is 1. The summed E-state index contributed by atoms with van der Waals surface area (Å²) in [6, 6.07) is 8.36. The lowest BCUT2D eigenvalue weighted by Gasteiger charge is -2.20. The first-order valence-corrected chi connectivity index (χ1v) is 7.50. The highest BCUT2D eigenvalue weighted by atomic mass is 16.2. The topological polar surface area (TPSA) is 41.1 Å². The number of carbonyl (C=O) groups excluding carboxylic acids is 1. The molecule has 3 nitrogen and oxygen atoms in total. The van der Waals surface area contributed by atoms with E-state index in [2.05, 4.69) is 62.6 Å². The van der Waals surface area contributed by atoms with Gasteiger partial charge in [-0.25, -0.2) is 0 Å². The number of hydrogen-bond acceptors (Lipinski definition) is 2. The van der Waals surface area contributed by atoms with Crippen LogP contribution in [-0.4, -0.2) is 18.5 Å². The Morgan fingerprint density at radius 3 is 2.50 bits per heavy atom. The third-order valence-corrected chi connectivity index (χ3v) is 3.46. The lowest BCUT2D eigenvalue weighted by Crippen LogP contribution is -2.43. The Balaban J connectivity index is 2.44. The van der Waals surface area contributed by atoms with E-state index in [0.717, 1.165) is 13.0 Å². The molecule has 0 fully saturated rings. The molecule has 0 bridgehead atoms. The molecular formula is C17H28N2O. The third-order valence-electron chi connectivity index (χ3n) is 3.46. The Hall–Kier alpha value is -1.35. The Morgan fingerprint density at radius 1 is 1.20 bits per heavy atom. The molecule has 1 aromatic carbocycles. The first-order valence-electron chi connectivity index (χ1n) is 7.50. The summed E-state index contributed by atoms with van der Waals surface area (Å²) in [6.07, 6.45) is 1.02. The van der Waals surface area contributed by atoms with Crippen molar-refractivity contribution in [2.24, 2.45) is 5.92 Å². The molecule has 0 saturated heterocycles. The second-order valence-corrected chi connectivity index (χ2v) is 6.00. The van der Waals surface area contributed by atoms with Crippen molar-refractivity contribution in [1.29, 1.82) is 0 Å². The molecule has 0 aliphatic heterocycles. The number of hydrogen-bond donors (Lipinski definition) is 2. The van der Waals surface area contributed by atoms with Crippen LogP contribution in [0.25, 0.3) is 0 Å².